The highest BCUT2D eigenvalue weighted by Crippen LogP contribution is 2.30. The molecule has 1 saturated heterocycles. The molecule has 0 atom stereocenters. The van der Waals surface area contributed by atoms with E-state index < -0.39 is 17.8 Å². The number of para-hydroxylation sites is 1. The molecule has 1 aliphatic rings. The Morgan fingerprint density at radius 1 is 0.917 bits per heavy atom. The van der Waals surface area contributed by atoms with Crippen LogP contribution >= 0.6 is 11.6 Å². The van der Waals surface area contributed by atoms with Crippen LogP contribution in [0.25, 0.3) is 16.8 Å². The van der Waals surface area contributed by atoms with E-state index >= 15 is 0 Å². The van der Waals surface area contributed by atoms with Gasteiger partial charge in [-0.2, -0.15) is 0 Å². The van der Waals surface area contributed by atoms with Crippen molar-refractivity contribution in [1.29, 1.82) is 0 Å². The summed E-state index contributed by atoms with van der Waals surface area (Å²) in [5.41, 5.74) is 2.52. The summed E-state index contributed by atoms with van der Waals surface area (Å²) >= 11 is 6.47. The Balaban J connectivity index is 1.39. The molecule has 7 heteroatoms. The smallest absolute Gasteiger partial charge is 0.335 e. The number of hydrogen-bond acceptors (Lipinski definition) is 4. The normalized spacial score (nSPS) is 14.9. The number of imide groups is 2. The predicted molar refractivity (Wildman–Crippen MR) is 140 cm³/mol. The fourth-order valence-electron chi connectivity index (χ4n) is 4.16. The molecular formula is C29H21ClN2O4. The van der Waals surface area contributed by atoms with Gasteiger partial charge in [-0.1, -0.05) is 78.3 Å². The van der Waals surface area contributed by atoms with Crippen LogP contribution in [-0.2, 0) is 16.2 Å². The van der Waals surface area contributed by atoms with Crippen molar-refractivity contribution in [2.75, 3.05) is 4.90 Å². The lowest BCUT2D eigenvalue weighted by Crippen LogP contribution is -2.54. The van der Waals surface area contributed by atoms with E-state index in [-0.39, 0.29) is 5.57 Å². The van der Waals surface area contributed by atoms with E-state index in [1.165, 1.54) is 6.08 Å². The topological polar surface area (TPSA) is 75.7 Å². The summed E-state index contributed by atoms with van der Waals surface area (Å²) in [6.45, 7) is 2.11. The Morgan fingerprint density at radius 2 is 1.67 bits per heavy atom. The number of urea groups is 1. The number of nitrogens with zero attached hydrogens (tertiary/aromatic N) is 1. The zero-order chi connectivity index (χ0) is 25.2. The lowest BCUT2D eigenvalue weighted by Gasteiger charge is -2.27. The predicted octanol–water partition coefficient (Wildman–Crippen LogP) is 6.05. The van der Waals surface area contributed by atoms with Crippen LogP contribution in [0.1, 0.15) is 16.7 Å². The Hall–Kier alpha value is -4.42. The van der Waals surface area contributed by atoms with E-state index in [1.807, 2.05) is 42.5 Å². The average Bonchev–Trinajstić information content (AvgIpc) is 2.87. The van der Waals surface area contributed by atoms with Gasteiger partial charge in [0, 0.05) is 0 Å². The number of benzene rings is 4. The van der Waals surface area contributed by atoms with Crippen molar-refractivity contribution in [3.8, 4) is 5.75 Å². The van der Waals surface area contributed by atoms with Crippen molar-refractivity contribution < 1.29 is 19.1 Å². The van der Waals surface area contributed by atoms with E-state index in [2.05, 4.69) is 5.32 Å². The van der Waals surface area contributed by atoms with Crippen LogP contribution in [-0.4, -0.2) is 17.8 Å². The molecule has 0 unspecified atom stereocenters. The van der Waals surface area contributed by atoms with Gasteiger partial charge in [-0.15, -0.1) is 0 Å². The van der Waals surface area contributed by atoms with E-state index in [0.717, 1.165) is 26.8 Å². The first-order valence-electron chi connectivity index (χ1n) is 11.3. The third-order valence-electron chi connectivity index (χ3n) is 5.99. The first-order chi connectivity index (χ1) is 17.4. The van der Waals surface area contributed by atoms with Crippen LogP contribution in [0.5, 0.6) is 5.75 Å². The SMILES string of the molecule is Cc1ccccc1N1C(=O)NC(=O)/C(=C\c2ccc(OCc3cccc4ccccc34)c(Cl)c2)C1=O. The van der Waals surface area contributed by atoms with Gasteiger partial charge >= 0.3 is 6.03 Å². The quantitative estimate of drug-likeness (QED) is 0.270. The number of amides is 4. The van der Waals surface area contributed by atoms with Gasteiger partial charge in [0.1, 0.15) is 17.9 Å². The highest BCUT2D eigenvalue weighted by atomic mass is 35.5. The number of carbonyl (C=O) groups excluding carboxylic acids is 3. The van der Waals surface area contributed by atoms with Crippen LogP contribution in [0.4, 0.5) is 10.5 Å². The van der Waals surface area contributed by atoms with Gasteiger partial charge in [0.15, 0.2) is 0 Å². The molecule has 4 amide bonds. The van der Waals surface area contributed by atoms with Crippen molar-refractivity contribution in [2.45, 2.75) is 13.5 Å². The number of hydrogen-bond donors (Lipinski definition) is 1. The molecule has 0 aromatic heterocycles. The molecule has 1 aliphatic heterocycles. The number of aryl methyl sites for hydroxylation is 1. The molecule has 1 heterocycles. The number of anilines is 1. The molecule has 1 fully saturated rings. The fraction of sp³-hybridized carbons (Fsp3) is 0.0690. The summed E-state index contributed by atoms with van der Waals surface area (Å²) in [6.07, 6.45) is 1.41. The maximum Gasteiger partial charge on any atom is 0.335 e. The molecule has 4 aromatic carbocycles. The third kappa shape index (κ3) is 4.46. The van der Waals surface area contributed by atoms with Gasteiger partial charge < -0.3 is 4.74 Å². The number of halogens is 1. The van der Waals surface area contributed by atoms with Crippen molar-refractivity contribution in [3.63, 3.8) is 0 Å². The van der Waals surface area contributed by atoms with E-state index in [1.54, 1.807) is 49.4 Å². The van der Waals surface area contributed by atoms with Crippen LogP contribution in [0, 0.1) is 6.92 Å². The molecule has 0 radical (unpaired) electrons. The van der Waals surface area contributed by atoms with E-state index in [4.69, 9.17) is 16.3 Å². The second kappa shape index (κ2) is 9.68. The minimum absolute atomic E-state index is 0.168. The zero-order valence-electron chi connectivity index (χ0n) is 19.3. The highest BCUT2D eigenvalue weighted by Gasteiger charge is 2.37. The molecule has 5 rings (SSSR count). The summed E-state index contributed by atoms with van der Waals surface area (Å²) in [5, 5.41) is 4.80. The molecule has 36 heavy (non-hydrogen) atoms. The largest absolute Gasteiger partial charge is 0.487 e. The van der Waals surface area contributed by atoms with Gasteiger partial charge in [0.25, 0.3) is 11.8 Å². The van der Waals surface area contributed by atoms with Gasteiger partial charge in [0.2, 0.25) is 0 Å². The Labute approximate surface area is 212 Å². The Bertz CT molecular complexity index is 1550. The number of ether oxygens (including phenoxy) is 1. The van der Waals surface area contributed by atoms with Crippen LogP contribution in [0.15, 0.2) is 90.5 Å². The molecular weight excluding hydrogens is 476 g/mol. The van der Waals surface area contributed by atoms with Crippen LogP contribution in [0.2, 0.25) is 5.02 Å². The van der Waals surface area contributed by atoms with Crippen molar-refractivity contribution in [2.24, 2.45) is 0 Å². The number of fused-ring (bicyclic) bond motifs is 1. The summed E-state index contributed by atoms with van der Waals surface area (Å²) in [5.74, 6) is -0.990. The van der Waals surface area contributed by atoms with Crippen LogP contribution < -0.4 is 15.0 Å². The summed E-state index contributed by atoms with van der Waals surface area (Å²) in [4.78, 5) is 39.0. The lowest BCUT2D eigenvalue weighted by molar-refractivity contribution is -0.122. The minimum Gasteiger partial charge on any atom is -0.487 e. The van der Waals surface area contributed by atoms with E-state index in [9.17, 15) is 14.4 Å². The lowest BCUT2D eigenvalue weighted by atomic mass is 10.1. The standard InChI is InChI=1S/C29H21ClN2O4/c1-18-7-2-5-12-25(18)32-28(34)23(27(33)31-29(32)35)15-19-13-14-26(24(30)16-19)36-17-21-10-6-9-20-8-3-4-11-22(20)21/h2-16H,17H2,1H3,(H,31,33,35)/b23-15+. The fourth-order valence-corrected chi connectivity index (χ4v) is 4.40. The monoisotopic (exact) mass is 496 g/mol. The maximum absolute atomic E-state index is 13.1. The molecule has 0 aliphatic carbocycles. The van der Waals surface area contributed by atoms with Gasteiger partial charge in [-0.3, -0.25) is 14.9 Å². The highest BCUT2D eigenvalue weighted by molar-refractivity contribution is 6.39. The van der Waals surface area contributed by atoms with Crippen molar-refractivity contribution >= 4 is 52.0 Å². The van der Waals surface area contributed by atoms with Gasteiger partial charge in [0.05, 0.1) is 10.7 Å². The third-order valence-corrected chi connectivity index (χ3v) is 6.28. The second-order valence-corrected chi connectivity index (χ2v) is 8.77. The molecule has 6 nitrogen and oxygen atoms in total. The van der Waals surface area contributed by atoms with Crippen LogP contribution in [0.3, 0.4) is 0 Å². The molecule has 0 spiro atoms. The van der Waals surface area contributed by atoms with Gasteiger partial charge in [-0.25, -0.2) is 9.69 Å². The molecule has 4 aromatic rings. The minimum atomic E-state index is -0.785. The zero-order valence-corrected chi connectivity index (χ0v) is 20.1. The van der Waals surface area contributed by atoms with Crippen molar-refractivity contribution in [1.82, 2.24) is 5.32 Å². The molecule has 0 bridgehead atoms. The maximum atomic E-state index is 13.1. The molecule has 1 N–H and O–H groups in total. The molecule has 178 valence electrons. The molecule has 0 saturated carbocycles. The second-order valence-electron chi connectivity index (χ2n) is 8.36. The first kappa shape index (κ1) is 23.3. The number of rotatable bonds is 5. The summed E-state index contributed by atoms with van der Waals surface area (Å²) < 4.78 is 5.97. The van der Waals surface area contributed by atoms with Gasteiger partial charge in [-0.05, 0) is 58.7 Å². The number of barbiturate groups is 1. The van der Waals surface area contributed by atoms with E-state index in [0.29, 0.717) is 28.6 Å². The first-order valence-corrected chi connectivity index (χ1v) is 11.7. The summed E-state index contributed by atoms with van der Waals surface area (Å²) in [6, 6.07) is 25.3. The Kier molecular flexibility index (Phi) is 6.27. The van der Waals surface area contributed by atoms with Crippen molar-refractivity contribution in [3.05, 3.63) is 112 Å². The number of carbonyl (C=O) groups is 3. The summed E-state index contributed by atoms with van der Waals surface area (Å²) in [7, 11) is 0. The average molecular weight is 497 g/mol. The number of nitrogens with one attached hydrogen (secondary N) is 1. The Morgan fingerprint density at radius 3 is 2.47 bits per heavy atom.